The topological polar surface area (TPSA) is 62.2 Å². The SMILES string of the molecule is CC1CCN(CCOc2ccc(Cc3c(OCCCCO)ccc4cc(O)ccc34)cc2)CC1. The Kier molecular flexibility index (Phi) is 8.67. The summed E-state index contributed by atoms with van der Waals surface area (Å²) in [5.74, 6) is 2.86. The highest BCUT2D eigenvalue weighted by Gasteiger charge is 2.15. The van der Waals surface area contributed by atoms with Crippen LogP contribution in [0.25, 0.3) is 10.8 Å². The molecule has 0 saturated carbocycles. The minimum atomic E-state index is 0.179. The maximum atomic E-state index is 9.90. The van der Waals surface area contributed by atoms with Crippen LogP contribution in [0.3, 0.4) is 0 Å². The molecule has 1 aliphatic heterocycles. The van der Waals surface area contributed by atoms with E-state index in [9.17, 15) is 5.11 Å². The number of rotatable bonds is 11. The number of aromatic hydroxyl groups is 1. The fraction of sp³-hybridized carbons (Fsp3) is 0.448. The first kappa shape index (κ1) is 24.4. The van der Waals surface area contributed by atoms with Gasteiger partial charge in [0.05, 0.1) is 6.61 Å². The molecule has 0 unspecified atom stereocenters. The second kappa shape index (κ2) is 12.1. The monoisotopic (exact) mass is 463 g/mol. The number of ether oxygens (including phenoxy) is 2. The average Bonchev–Trinajstić information content (AvgIpc) is 2.85. The molecule has 1 aliphatic rings. The maximum absolute atomic E-state index is 9.90. The van der Waals surface area contributed by atoms with Crippen LogP contribution in [0.2, 0.25) is 0 Å². The molecule has 0 spiro atoms. The van der Waals surface area contributed by atoms with E-state index in [0.717, 1.165) is 59.6 Å². The molecule has 5 nitrogen and oxygen atoms in total. The number of piperidine rings is 1. The Morgan fingerprint density at radius 2 is 1.71 bits per heavy atom. The van der Waals surface area contributed by atoms with Crippen molar-refractivity contribution in [3.8, 4) is 17.2 Å². The van der Waals surface area contributed by atoms with Gasteiger partial charge in [-0.2, -0.15) is 0 Å². The van der Waals surface area contributed by atoms with Gasteiger partial charge < -0.3 is 19.7 Å². The lowest BCUT2D eigenvalue weighted by molar-refractivity contribution is 0.160. The van der Waals surface area contributed by atoms with Gasteiger partial charge in [0.15, 0.2) is 0 Å². The highest BCUT2D eigenvalue weighted by molar-refractivity contribution is 5.89. The van der Waals surface area contributed by atoms with Gasteiger partial charge in [-0.05, 0) is 91.4 Å². The summed E-state index contributed by atoms with van der Waals surface area (Å²) >= 11 is 0. The number of aliphatic hydroxyl groups excluding tert-OH is 1. The Morgan fingerprint density at radius 1 is 0.912 bits per heavy atom. The van der Waals surface area contributed by atoms with Crippen molar-refractivity contribution in [2.75, 3.05) is 39.5 Å². The normalized spacial score (nSPS) is 15.0. The molecule has 2 N–H and O–H groups in total. The first-order valence-electron chi connectivity index (χ1n) is 12.5. The van der Waals surface area contributed by atoms with Crippen LogP contribution in [-0.2, 0) is 6.42 Å². The van der Waals surface area contributed by atoms with Gasteiger partial charge in [-0.1, -0.05) is 31.2 Å². The minimum absolute atomic E-state index is 0.179. The van der Waals surface area contributed by atoms with E-state index in [1.54, 1.807) is 12.1 Å². The van der Waals surface area contributed by atoms with Crippen LogP contribution >= 0.6 is 0 Å². The molecule has 1 heterocycles. The van der Waals surface area contributed by atoms with Crippen molar-refractivity contribution in [2.24, 2.45) is 5.92 Å². The number of likely N-dealkylation sites (tertiary alicyclic amines) is 1. The maximum Gasteiger partial charge on any atom is 0.123 e. The summed E-state index contributed by atoms with van der Waals surface area (Å²) in [7, 11) is 0. The number of phenolic OH excluding ortho intramolecular Hbond substituents is 1. The Hall–Kier alpha value is -2.76. The van der Waals surface area contributed by atoms with Gasteiger partial charge in [-0.15, -0.1) is 0 Å². The molecule has 5 heteroatoms. The standard InChI is InChI=1S/C29H37NO4/c1-22-12-14-30(15-13-22)16-19-33-26-8-4-23(5-9-26)20-28-27-10-7-25(32)21-24(27)6-11-29(28)34-18-3-2-17-31/h4-11,21-22,31-32H,2-3,12-20H2,1H3. The lowest BCUT2D eigenvalue weighted by atomic mass is 9.97. The second-order valence-corrected chi connectivity index (χ2v) is 9.42. The predicted octanol–water partition coefficient (Wildman–Crippen LogP) is 5.40. The Labute approximate surface area is 202 Å². The number of hydrogen-bond acceptors (Lipinski definition) is 5. The van der Waals surface area contributed by atoms with Crippen LogP contribution in [0.15, 0.2) is 54.6 Å². The van der Waals surface area contributed by atoms with E-state index in [0.29, 0.717) is 13.2 Å². The second-order valence-electron chi connectivity index (χ2n) is 9.42. The lowest BCUT2D eigenvalue weighted by Gasteiger charge is -2.29. The molecule has 1 fully saturated rings. The van der Waals surface area contributed by atoms with Gasteiger partial charge in [-0.25, -0.2) is 0 Å². The van der Waals surface area contributed by atoms with Crippen molar-refractivity contribution in [1.29, 1.82) is 0 Å². The minimum Gasteiger partial charge on any atom is -0.508 e. The lowest BCUT2D eigenvalue weighted by Crippen LogP contribution is -2.35. The Bertz CT molecular complexity index is 1040. The van der Waals surface area contributed by atoms with E-state index >= 15 is 0 Å². The van der Waals surface area contributed by atoms with Crippen LogP contribution in [0.4, 0.5) is 0 Å². The zero-order chi connectivity index (χ0) is 23.8. The number of aliphatic hydroxyl groups is 1. The van der Waals surface area contributed by atoms with E-state index in [4.69, 9.17) is 14.6 Å². The van der Waals surface area contributed by atoms with Crippen molar-refractivity contribution < 1.29 is 19.7 Å². The third-order valence-electron chi connectivity index (χ3n) is 6.74. The molecule has 4 rings (SSSR count). The van der Waals surface area contributed by atoms with E-state index in [2.05, 4.69) is 24.0 Å². The number of benzene rings is 3. The molecule has 0 aliphatic carbocycles. The number of hydrogen-bond donors (Lipinski definition) is 2. The number of phenols is 1. The summed E-state index contributed by atoms with van der Waals surface area (Å²) in [5, 5.41) is 21.0. The van der Waals surface area contributed by atoms with Gasteiger partial charge in [-0.3, -0.25) is 4.90 Å². The van der Waals surface area contributed by atoms with Crippen LogP contribution < -0.4 is 9.47 Å². The molecule has 1 saturated heterocycles. The fourth-order valence-corrected chi connectivity index (χ4v) is 4.56. The number of unbranched alkanes of at least 4 members (excludes halogenated alkanes) is 1. The van der Waals surface area contributed by atoms with Gasteiger partial charge in [0, 0.05) is 25.1 Å². The molecule has 0 aromatic heterocycles. The quantitative estimate of drug-likeness (QED) is 0.373. The smallest absolute Gasteiger partial charge is 0.123 e. The summed E-state index contributed by atoms with van der Waals surface area (Å²) in [6, 6.07) is 17.8. The van der Waals surface area contributed by atoms with Crippen LogP contribution in [0.1, 0.15) is 43.7 Å². The molecule has 182 valence electrons. The fourth-order valence-electron chi connectivity index (χ4n) is 4.56. The largest absolute Gasteiger partial charge is 0.508 e. The van der Waals surface area contributed by atoms with Crippen molar-refractivity contribution >= 4 is 10.8 Å². The van der Waals surface area contributed by atoms with Crippen LogP contribution in [0.5, 0.6) is 17.2 Å². The Balaban J connectivity index is 1.41. The van der Waals surface area contributed by atoms with Crippen molar-refractivity contribution in [2.45, 2.75) is 39.0 Å². The average molecular weight is 464 g/mol. The van der Waals surface area contributed by atoms with Crippen molar-refractivity contribution in [3.63, 3.8) is 0 Å². The van der Waals surface area contributed by atoms with Crippen molar-refractivity contribution in [3.05, 3.63) is 65.7 Å². The summed E-state index contributed by atoms with van der Waals surface area (Å²) in [6.45, 7) is 7.14. The zero-order valence-electron chi connectivity index (χ0n) is 20.2. The Morgan fingerprint density at radius 3 is 2.47 bits per heavy atom. The summed E-state index contributed by atoms with van der Waals surface area (Å²) in [4.78, 5) is 2.49. The van der Waals surface area contributed by atoms with Crippen LogP contribution in [0, 0.1) is 5.92 Å². The summed E-state index contributed by atoms with van der Waals surface area (Å²) < 4.78 is 12.1. The highest BCUT2D eigenvalue weighted by Crippen LogP contribution is 2.32. The molecule has 3 aromatic carbocycles. The highest BCUT2D eigenvalue weighted by atomic mass is 16.5. The number of fused-ring (bicyclic) bond motifs is 1. The van der Waals surface area contributed by atoms with Crippen molar-refractivity contribution in [1.82, 2.24) is 4.90 Å². The molecule has 0 atom stereocenters. The van der Waals surface area contributed by atoms with Gasteiger partial charge >= 0.3 is 0 Å². The number of nitrogens with zero attached hydrogens (tertiary/aromatic N) is 1. The van der Waals surface area contributed by atoms with E-state index < -0.39 is 0 Å². The first-order chi connectivity index (χ1) is 16.6. The van der Waals surface area contributed by atoms with E-state index in [1.165, 1.54) is 31.5 Å². The van der Waals surface area contributed by atoms with Gasteiger partial charge in [0.2, 0.25) is 0 Å². The molecule has 0 amide bonds. The van der Waals surface area contributed by atoms with Crippen LogP contribution in [-0.4, -0.2) is 54.6 Å². The summed E-state index contributed by atoms with van der Waals surface area (Å²) in [6.07, 6.45) is 4.84. The zero-order valence-corrected chi connectivity index (χ0v) is 20.2. The van der Waals surface area contributed by atoms with Gasteiger partial charge in [0.25, 0.3) is 0 Å². The van der Waals surface area contributed by atoms with E-state index in [1.807, 2.05) is 30.3 Å². The van der Waals surface area contributed by atoms with Gasteiger partial charge in [0.1, 0.15) is 23.9 Å². The van der Waals surface area contributed by atoms with E-state index in [-0.39, 0.29) is 12.4 Å². The molecular formula is C29H37NO4. The third kappa shape index (κ3) is 6.64. The molecule has 34 heavy (non-hydrogen) atoms. The summed E-state index contributed by atoms with van der Waals surface area (Å²) in [5.41, 5.74) is 2.28. The predicted molar refractivity (Wildman–Crippen MR) is 137 cm³/mol. The molecule has 3 aromatic rings. The first-order valence-corrected chi connectivity index (χ1v) is 12.5. The third-order valence-corrected chi connectivity index (χ3v) is 6.74. The molecule has 0 radical (unpaired) electrons. The molecular weight excluding hydrogens is 426 g/mol. The molecule has 0 bridgehead atoms.